The van der Waals surface area contributed by atoms with Crippen molar-refractivity contribution in [3.05, 3.63) is 59.7 Å². The van der Waals surface area contributed by atoms with E-state index in [4.69, 9.17) is 0 Å². The molecule has 2 aliphatic rings. The molecule has 1 fully saturated rings. The molecule has 1 aliphatic carbocycles. The largest absolute Gasteiger partial charge is 0.283 e. The van der Waals surface area contributed by atoms with Gasteiger partial charge in [-0.15, -0.1) is 0 Å². The van der Waals surface area contributed by atoms with Gasteiger partial charge in [0.05, 0.1) is 18.5 Å². The standard InChI is InChI=1S/C16H21N3/c1-12-17-15(13-8-4-2-5-9-13)19-16(18-12)14-10-6-3-7-11-14/h2,4-6,8-12,15-19H,3,7H2,1H3. The molecule has 3 heteroatoms. The van der Waals surface area contributed by atoms with Crippen molar-refractivity contribution in [3.63, 3.8) is 0 Å². The van der Waals surface area contributed by atoms with Crippen molar-refractivity contribution < 1.29 is 0 Å². The van der Waals surface area contributed by atoms with E-state index in [9.17, 15) is 0 Å². The molecule has 1 heterocycles. The van der Waals surface area contributed by atoms with Crippen molar-refractivity contribution in [1.29, 1.82) is 0 Å². The smallest absolute Gasteiger partial charge is 0.0861 e. The molecule has 19 heavy (non-hydrogen) atoms. The summed E-state index contributed by atoms with van der Waals surface area (Å²) in [5, 5.41) is 10.7. The molecule has 3 atom stereocenters. The van der Waals surface area contributed by atoms with Crippen LogP contribution >= 0.6 is 0 Å². The van der Waals surface area contributed by atoms with E-state index in [1.54, 1.807) is 0 Å². The second-order valence-corrected chi connectivity index (χ2v) is 5.18. The Morgan fingerprint density at radius 3 is 2.47 bits per heavy atom. The summed E-state index contributed by atoms with van der Waals surface area (Å²) in [6.07, 6.45) is 9.81. The highest BCUT2D eigenvalue weighted by atomic mass is 15.3. The molecule has 3 unspecified atom stereocenters. The fourth-order valence-electron chi connectivity index (χ4n) is 2.69. The number of rotatable bonds is 2. The number of benzene rings is 1. The van der Waals surface area contributed by atoms with Crippen molar-refractivity contribution in [2.75, 3.05) is 0 Å². The zero-order chi connectivity index (χ0) is 13.1. The maximum absolute atomic E-state index is 3.63. The van der Waals surface area contributed by atoms with Crippen LogP contribution in [-0.2, 0) is 0 Å². The van der Waals surface area contributed by atoms with E-state index < -0.39 is 0 Å². The Hall–Kier alpha value is -1.42. The Morgan fingerprint density at radius 1 is 0.947 bits per heavy atom. The average molecular weight is 255 g/mol. The third kappa shape index (κ3) is 2.95. The Balaban J connectivity index is 1.77. The lowest BCUT2D eigenvalue weighted by atomic mass is 10.0. The van der Waals surface area contributed by atoms with E-state index >= 15 is 0 Å². The summed E-state index contributed by atoms with van der Waals surface area (Å²) in [4.78, 5) is 0. The normalized spacial score (nSPS) is 31.0. The van der Waals surface area contributed by atoms with Gasteiger partial charge in [-0.1, -0.05) is 48.6 Å². The summed E-state index contributed by atoms with van der Waals surface area (Å²) >= 11 is 0. The SMILES string of the molecule is CC1NC(C2=CCCC=C2)NC(c2ccccc2)N1. The third-order valence-electron chi connectivity index (χ3n) is 3.66. The molecular weight excluding hydrogens is 234 g/mol. The molecule has 0 bridgehead atoms. The van der Waals surface area contributed by atoms with Crippen LogP contribution < -0.4 is 16.0 Å². The Kier molecular flexibility index (Phi) is 3.78. The molecule has 3 rings (SSSR count). The Labute approximate surface area is 114 Å². The fourth-order valence-corrected chi connectivity index (χ4v) is 2.69. The highest BCUT2D eigenvalue weighted by molar-refractivity contribution is 5.29. The van der Waals surface area contributed by atoms with Crippen molar-refractivity contribution in [1.82, 2.24) is 16.0 Å². The zero-order valence-electron chi connectivity index (χ0n) is 11.3. The van der Waals surface area contributed by atoms with Gasteiger partial charge in [-0.3, -0.25) is 16.0 Å². The van der Waals surface area contributed by atoms with Crippen molar-refractivity contribution in [2.24, 2.45) is 0 Å². The molecule has 1 aliphatic heterocycles. The van der Waals surface area contributed by atoms with Gasteiger partial charge in [-0.05, 0) is 30.9 Å². The predicted octanol–water partition coefficient (Wildman–Crippen LogP) is 2.42. The third-order valence-corrected chi connectivity index (χ3v) is 3.66. The van der Waals surface area contributed by atoms with E-state index in [0.29, 0.717) is 0 Å². The lowest BCUT2D eigenvalue weighted by Crippen LogP contribution is -2.62. The van der Waals surface area contributed by atoms with Crippen LogP contribution in [-0.4, -0.2) is 12.3 Å². The first-order valence-electron chi connectivity index (χ1n) is 7.02. The van der Waals surface area contributed by atoms with Gasteiger partial charge in [0.2, 0.25) is 0 Å². The average Bonchev–Trinajstić information content (AvgIpc) is 2.48. The maximum atomic E-state index is 3.63. The zero-order valence-corrected chi connectivity index (χ0v) is 11.3. The fraction of sp³-hybridized carbons (Fsp3) is 0.375. The quantitative estimate of drug-likeness (QED) is 0.759. The van der Waals surface area contributed by atoms with Crippen LogP contribution in [0.3, 0.4) is 0 Å². The molecule has 3 nitrogen and oxygen atoms in total. The second kappa shape index (κ2) is 5.70. The maximum Gasteiger partial charge on any atom is 0.0861 e. The number of nitrogens with one attached hydrogen (secondary N) is 3. The van der Waals surface area contributed by atoms with Gasteiger partial charge >= 0.3 is 0 Å². The minimum absolute atomic E-state index is 0.193. The van der Waals surface area contributed by atoms with Crippen molar-refractivity contribution >= 4 is 0 Å². The molecule has 0 aromatic heterocycles. The van der Waals surface area contributed by atoms with Crippen LogP contribution in [0.15, 0.2) is 54.1 Å². The predicted molar refractivity (Wildman–Crippen MR) is 78.3 cm³/mol. The molecular formula is C16H21N3. The highest BCUT2D eigenvalue weighted by Gasteiger charge is 2.26. The van der Waals surface area contributed by atoms with E-state index in [2.05, 4.69) is 71.4 Å². The van der Waals surface area contributed by atoms with Crippen LogP contribution in [0.2, 0.25) is 0 Å². The first-order chi connectivity index (χ1) is 9.33. The van der Waals surface area contributed by atoms with Crippen molar-refractivity contribution in [2.45, 2.75) is 38.3 Å². The topological polar surface area (TPSA) is 36.1 Å². The molecule has 1 aromatic carbocycles. The van der Waals surface area contributed by atoms with Gasteiger partial charge in [0.1, 0.15) is 0 Å². The van der Waals surface area contributed by atoms with E-state index in [0.717, 1.165) is 12.8 Å². The first kappa shape index (κ1) is 12.6. The van der Waals surface area contributed by atoms with Gasteiger partial charge in [0, 0.05) is 0 Å². The van der Waals surface area contributed by atoms with E-state index in [1.165, 1.54) is 11.1 Å². The van der Waals surface area contributed by atoms with E-state index in [1.807, 2.05) is 0 Å². The van der Waals surface area contributed by atoms with Gasteiger partial charge in [-0.2, -0.15) is 0 Å². The summed E-state index contributed by atoms with van der Waals surface area (Å²) in [5.41, 5.74) is 2.63. The number of hydrogen-bond acceptors (Lipinski definition) is 3. The van der Waals surface area contributed by atoms with Crippen LogP contribution in [0.4, 0.5) is 0 Å². The molecule has 0 amide bonds. The number of allylic oxidation sites excluding steroid dienone is 2. The van der Waals surface area contributed by atoms with Crippen LogP contribution in [0.1, 0.15) is 31.5 Å². The first-order valence-corrected chi connectivity index (χ1v) is 7.02. The highest BCUT2D eigenvalue weighted by Crippen LogP contribution is 2.19. The summed E-state index contributed by atoms with van der Waals surface area (Å²) in [6, 6.07) is 10.5. The minimum atomic E-state index is 0.193. The minimum Gasteiger partial charge on any atom is -0.283 e. The van der Waals surface area contributed by atoms with Crippen molar-refractivity contribution in [3.8, 4) is 0 Å². The molecule has 0 saturated carbocycles. The molecule has 1 saturated heterocycles. The molecule has 0 spiro atoms. The Bertz CT molecular complexity index is 478. The summed E-state index contributed by atoms with van der Waals surface area (Å²) in [5.74, 6) is 0. The lowest BCUT2D eigenvalue weighted by Gasteiger charge is -2.38. The van der Waals surface area contributed by atoms with Gasteiger partial charge in [0.15, 0.2) is 0 Å². The molecule has 0 radical (unpaired) electrons. The number of hydrogen-bond donors (Lipinski definition) is 3. The van der Waals surface area contributed by atoms with Gasteiger partial charge < -0.3 is 0 Å². The monoisotopic (exact) mass is 255 g/mol. The summed E-state index contributed by atoms with van der Waals surface area (Å²) < 4.78 is 0. The molecule has 3 N–H and O–H groups in total. The Morgan fingerprint density at radius 2 is 1.74 bits per heavy atom. The van der Waals surface area contributed by atoms with E-state index in [-0.39, 0.29) is 18.5 Å². The summed E-state index contributed by atoms with van der Waals surface area (Å²) in [7, 11) is 0. The van der Waals surface area contributed by atoms with Gasteiger partial charge in [-0.25, -0.2) is 0 Å². The molecule has 1 aromatic rings. The van der Waals surface area contributed by atoms with Crippen LogP contribution in [0.5, 0.6) is 0 Å². The molecule has 100 valence electrons. The second-order valence-electron chi connectivity index (χ2n) is 5.18. The lowest BCUT2D eigenvalue weighted by molar-refractivity contribution is 0.234. The summed E-state index contributed by atoms with van der Waals surface area (Å²) in [6.45, 7) is 2.16. The van der Waals surface area contributed by atoms with Gasteiger partial charge in [0.25, 0.3) is 0 Å². The van der Waals surface area contributed by atoms with Crippen LogP contribution in [0, 0.1) is 0 Å². The van der Waals surface area contributed by atoms with Crippen LogP contribution in [0.25, 0.3) is 0 Å².